The second-order valence-electron chi connectivity index (χ2n) is 4.57. The Balaban J connectivity index is 2.43. The van der Waals surface area contributed by atoms with E-state index in [-0.39, 0.29) is 10.6 Å². The molecule has 0 heterocycles. The third-order valence-electron chi connectivity index (χ3n) is 2.68. The molecule has 0 bridgehead atoms. The minimum atomic E-state index is -0.373. The smallest absolute Gasteiger partial charge is 0.292 e. The van der Waals surface area contributed by atoms with Crippen LogP contribution in [0.15, 0.2) is 18.2 Å². The van der Waals surface area contributed by atoms with E-state index in [0.717, 1.165) is 12.1 Å². The van der Waals surface area contributed by atoms with E-state index in [4.69, 9.17) is 4.74 Å². The first-order chi connectivity index (χ1) is 9.02. The van der Waals surface area contributed by atoms with E-state index in [9.17, 15) is 10.1 Å². The Morgan fingerprint density at radius 1 is 1.37 bits per heavy atom. The lowest BCUT2D eigenvalue weighted by molar-refractivity contribution is -0.384. The highest BCUT2D eigenvalue weighted by atomic mass is 16.6. The van der Waals surface area contributed by atoms with Gasteiger partial charge in [0.2, 0.25) is 0 Å². The average Bonchev–Trinajstić information content (AvgIpc) is 2.34. The molecule has 6 heteroatoms. The molecular formula is C13H21N3O3. The van der Waals surface area contributed by atoms with Gasteiger partial charge in [-0.05, 0) is 26.6 Å². The van der Waals surface area contributed by atoms with Crippen LogP contribution >= 0.6 is 0 Å². The van der Waals surface area contributed by atoms with Crippen LogP contribution in [-0.2, 0) is 4.74 Å². The summed E-state index contributed by atoms with van der Waals surface area (Å²) in [5.41, 5.74) is 1.54. The van der Waals surface area contributed by atoms with Gasteiger partial charge >= 0.3 is 0 Å². The number of para-hydroxylation sites is 1. The summed E-state index contributed by atoms with van der Waals surface area (Å²) in [4.78, 5) is 12.6. The molecule has 0 aliphatic rings. The number of anilines is 1. The first kappa shape index (κ1) is 15.4. The van der Waals surface area contributed by atoms with Gasteiger partial charge in [-0.3, -0.25) is 10.1 Å². The summed E-state index contributed by atoms with van der Waals surface area (Å²) in [5, 5.41) is 14.0. The highest BCUT2D eigenvalue weighted by Gasteiger charge is 2.14. The molecule has 1 rings (SSSR count). The monoisotopic (exact) mass is 267 g/mol. The van der Waals surface area contributed by atoms with Gasteiger partial charge in [0.1, 0.15) is 5.69 Å². The van der Waals surface area contributed by atoms with Gasteiger partial charge in [0, 0.05) is 19.2 Å². The van der Waals surface area contributed by atoms with Crippen LogP contribution in [0.4, 0.5) is 11.4 Å². The van der Waals surface area contributed by atoms with Crippen LogP contribution < -0.4 is 5.32 Å². The van der Waals surface area contributed by atoms with E-state index in [1.54, 1.807) is 6.07 Å². The summed E-state index contributed by atoms with van der Waals surface area (Å²) in [5.74, 6) is 0. The van der Waals surface area contributed by atoms with E-state index >= 15 is 0 Å². The lowest BCUT2D eigenvalue weighted by Gasteiger charge is -2.12. The van der Waals surface area contributed by atoms with Gasteiger partial charge in [-0.1, -0.05) is 12.1 Å². The van der Waals surface area contributed by atoms with Gasteiger partial charge in [-0.15, -0.1) is 0 Å². The number of rotatable bonds is 8. The second kappa shape index (κ2) is 7.70. The summed E-state index contributed by atoms with van der Waals surface area (Å²) in [6.45, 7) is 4.45. The van der Waals surface area contributed by atoms with Gasteiger partial charge in [0.25, 0.3) is 5.69 Å². The fourth-order valence-corrected chi connectivity index (χ4v) is 1.63. The van der Waals surface area contributed by atoms with Crippen molar-refractivity contribution in [2.75, 3.05) is 45.7 Å². The summed E-state index contributed by atoms with van der Waals surface area (Å²) in [6.07, 6.45) is 0. The van der Waals surface area contributed by atoms with Crippen LogP contribution in [0.3, 0.4) is 0 Å². The Kier molecular flexibility index (Phi) is 6.24. The van der Waals surface area contributed by atoms with E-state index < -0.39 is 0 Å². The fraction of sp³-hybridized carbons (Fsp3) is 0.538. The summed E-state index contributed by atoms with van der Waals surface area (Å²) in [6, 6.07) is 5.04. The summed E-state index contributed by atoms with van der Waals surface area (Å²) < 4.78 is 5.43. The molecule has 0 atom stereocenters. The molecule has 0 fully saturated rings. The number of nitrogens with zero attached hydrogens (tertiary/aromatic N) is 2. The quantitative estimate of drug-likeness (QED) is 0.442. The molecule has 0 unspecified atom stereocenters. The van der Waals surface area contributed by atoms with Gasteiger partial charge in [0.15, 0.2) is 0 Å². The van der Waals surface area contributed by atoms with Crippen molar-refractivity contribution in [3.63, 3.8) is 0 Å². The Labute approximate surface area is 113 Å². The van der Waals surface area contributed by atoms with E-state index in [0.29, 0.717) is 25.4 Å². The minimum Gasteiger partial charge on any atom is -0.378 e. The summed E-state index contributed by atoms with van der Waals surface area (Å²) >= 11 is 0. The van der Waals surface area contributed by atoms with Crippen LogP contribution in [0.5, 0.6) is 0 Å². The molecule has 19 heavy (non-hydrogen) atoms. The van der Waals surface area contributed by atoms with Gasteiger partial charge in [-0.25, -0.2) is 0 Å². The maximum Gasteiger partial charge on any atom is 0.292 e. The highest BCUT2D eigenvalue weighted by molar-refractivity contribution is 5.65. The molecule has 0 aliphatic heterocycles. The SMILES string of the molecule is Cc1cccc([N+](=O)[O-])c1NCCOCCN(C)C. The number of benzene rings is 1. The van der Waals surface area contributed by atoms with E-state index in [1.165, 1.54) is 6.07 Å². The Morgan fingerprint density at radius 3 is 2.74 bits per heavy atom. The molecule has 0 aromatic heterocycles. The van der Waals surface area contributed by atoms with E-state index in [2.05, 4.69) is 5.32 Å². The van der Waals surface area contributed by atoms with Crippen molar-refractivity contribution in [1.29, 1.82) is 0 Å². The number of nitrogens with one attached hydrogen (secondary N) is 1. The Hall–Kier alpha value is -1.66. The molecule has 1 N–H and O–H groups in total. The maximum atomic E-state index is 10.9. The zero-order valence-corrected chi connectivity index (χ0v) is 11.7. The Morgan fingerprint density at radius 2 is 2.11 bits per heavy atom. The van der Waals surface area contributed by atoms with Crippen molar-refractivity contribution in [2.45, 2.75) is 6.92 Å². The molecule has 0 saturated carbocycles. The molecule has 106 valence electrons. The minimum absolute atomic E-state index is 0.105. The maximum absolute atomic E-state index is 10.9. The highest BCUT2D eigenvalue weighted by Crippen LogP contribution is 2.27. The van der Waals surface area contributed by atoms with Gasteiger partial charge in [0.05, 0.1) is 18.1 Å². The number of hydrogen-bond donors (Lipinski definition) is 1. The number of aryl methyl sites for hydroxylation is 1. The first-order valence-electron chi connectivity index (χ1n) is 6.22. The number of hydrogen-bond acceptors (Lipinski definition) is 5. The Bertz CT molecular complexity index is 422. The molecule has 0 amide bonds. The van der Waals surface area contributed by atoms with Crippen molar-refractivity contribution >= 4 is 11.4 Å². The number of nitro benzene ring substituents is 1. The third kappa shape index (κ3) is 5.23. The number of likely N-dealkylation sites (N-methyl/N-ethyl adjacent to an activating group) is 1. The standard InChI is InChI=1S/C13H21N3O3/c1-11-5-4-6-12(16(17)18)13(11)14-7-9-19-10-8-15(2)3/h4-6,14H,7-10H2,1-3H3. The molecule has 0 spiro atoms. The normalized spacial score (nSPS) is 10.7. The first-order valence-corrected chi connectivity index (χ1v) is 6.22. The molecule has 0 saturated heterocycles. The van der Waals surface area contributed by atoms with Crippen molar-refractivity contribution in [2.24, 2.45) is 0 Å². The molecule has 1 aromatic rings. The largest absolute Gasteiger partial charge is 0.378 e. The number of ether oxygens (including phenoxy) is 1. The zero-order chi connectivity index (χ0) is 14.3. The summed E-state index contributed by atoms with van der Waals surface area (Å²) in [7, 11) is 3.97. The van der Waals surface area contributed by atoms with Crippen LogP contribution in [0.25, 0.3) is 0 Å². The van der Waals surface area contributed by atoms with Crippen molar-refractivity contribution in [1.82, 2.24) is 4.90 Å². The van der Waals surface area contributed by atoms with Gasteiger partial charge < -0.3 is 15.0 Å². The number of nitro groups is 1. The topological polar surface area (TPSA) is 67.6 Å². The predicted molar refractivity (Wildman–Crippen MR) is 75.7 cm³/mol. The van der Waals surface area contributed by atoms with Crippen LogP contribution in [0.1, 0.15) is 5.56 Å². The van der Waals surface area contributed by atoms with Crippen LogP contribution in [-0.4, -0.2) is 50.2 Å². The molecule has 1 aromatic carbocycles. The van der Waals surface area contributed by atoms with Crippen LogP contribution in [0.2, 0.25) is 0 Å². The van der Waals surface area contributed by atoms with E-state index in [1.807, 2.05) is 32.0 Å². The van der Waals surface area contributed by atoms with Crippen molar-refractivity contribution in [3.05, 3.63) is 33.9 Å². The zero-order valence-electron chi connectivity index (χ0n) is 11.7. The lowest BCUT2D eigenvalue weighted by atomic mass is 10.1. The third-order valence-corrected chi connectivity index (χ3v) is 2.68. The predicted octanol–water partition coefficient (Wildman–Crippen LogP) is 1.89. The van der Waals surface area contributed by atoms with Gasteiger partial charge in [-0.2, -0.15) is 0 Å². The average molecular weight is 267 g/mol. The fourth-order valence-electron chi connectivity index (χ4n) is 1.63. The molecular weight excluding hydrogens is 246 g/mol. The van der Waals surface area contributed by atoms with Crippen molar-refractivity contribution in [3.8, 4) is 0 Å². The second-order valence-corrected chi connectivity index (χ2v) is 4.57. The molecule has 0 aliphatic carbocycles. The van der Waals surface area contributed by atoms with Crippen molar-refractivity contribution < 1.29 is 9.66 Å². The molecule has 0 radical (unpaired) electrons. The lowest BCUT2D eigenvalue weighted by Crippen LogP contribution is -2.20. The molecule has 6 nitrogen and oxygen atoms in total. The van der Waals surface area contributed by atoms with Crippen LogP contribution in [0, 0.1) is 17.0 Å².